The molecule has 6 heteroatoms. The number of fused-ring (bicyclic) bond motifs is 2. The minimum Gasteiger partial charge on any atom is -0.422 e. The first kappa shape index (κ1) is 20.5. The first-order valence-electron chi connectivity index (χ1n) is 10.7. The Morgan fingerprint density at radius 3 is 2.69 bits per heavy atom. The first-order chi connectivity index (χ1) is 15.6. The molecule has 3 aromatic rings. The molecule has 0 unspecified atom stereocenters. The average Bonchev–Trinajstić information content (AvgIpc) is 2.96. The fourth-order valence-corrected chi connectivity index (χ4v) is 4.37. The van der Waals surface area contributed by atoms with Crippen molar-refractivity contribution < 1.29 is 14.3 Å². The number of nitrogens with zero attached hydrogens (tertiary/aromatic N) is 2. The van der Waals surface area contributed by atoms with Crippen LogP contribution in [-0.4, -0.2) is 29.2 Å². The number of benzene rings is 3. The third-order valence-corrected chi connectivity index (χ3v) is 6.13. The number of amides is 1. The van der Waals surface area contributed by atoms with Gasteiger partial charge in [0.1, 0.15) is 17.3 Å². The lowest BCUT2D eigenvalue weighted by Crippen LogP contribution is -2.31. The zero-order chi connectivity index (χ0) is 22.1. The number of aliphatic imine (C=N–C) groups is 1. The van der Waals surface area contributed by atoms with Gasteiger partial charge < -0.3 is 4.74 Å². The summed E-state index contributed by atoms with van der Waals surface area (Å²) in [5.74, 6) is 0.563. The number of hydrogen-bond donors (Lipinski definition) is 0. The highest BCUT2D eigenvalue weighted by Crippen LogP contribution is 2.34. The fraction of sp³-hybridized carbons (Fsp3) is 0.192. The van der Waals surface area contributed by atoms with E-state index >= 15 is 0 Å². The number of halogens is 1. The second-order valence-corrected chi connectivity index (χ2v) is 8.31. The number of amidine groups is 1. The summed E-state index contributed by atoms with van der Waals surface area (Å²) >= 11 is 6.20. The monoisotopic (exact) mass is 444 g/mol. The van der Waals surface area contributed by atoms with Crippen LogP contribution in [0.2, 0.25) is 5.02 Å². The van der Waals surface area contributed by atoms with E-state index in [0.717, 1.165) is 42.3 Å². The van der Waals surface area contributed by atoms with Crippen LogP contribution in [0.5, 0.6) is 5.75 Å². The molecule has 0 bridgehead atoms. The van der Waals surface area contributed by atoms with Crippen LogP contribution in [0, 0.1) is 0 Å². The van der Waals surface area contributed by atoms with Gasteiger partial charge in [0.15, 0.2) is 0 Å². The zero-order valence-corrected chi connectivity index (χ0v) is 18.1. The second kappa shape index (κ2) is 8.60. The Labute approximate surface area is 191 Å². The molecule has 0 spiro atoms. The number of carbonyl (C=O) groups excluding carboxylic acids is 2. The van der Waals surface area contributed by atoms with Gasteiger partial charge in [0, 0.05) is 23.9 Å². The summed E-state index contributed by atoms with van der Waals surface area (Å²) in [5, 5.41) is 2.02. The van der Waals surface area contributed by atoms with Crippen LogP contribution in [0.3, 0.4) is 0 Å². The molecule has 0 N–H and O–H groups in total. The van der Waals surface area contributed by atoms with Gasteiger partial charge >= 0.3 is 5.97 Å². The highest BCUT2D eigenvalue weighted by Gasteiger charge is 2.31. The molecule has 1 amide bonds. The molecule has 0 atom stereocenters. The molecule has 1 fully saturated rings. The number of esters is 1. The first-order valence-corrected chi connectivity index (χ1v) is 11.1. The summed E-state index contributed by atoms with van der Waals surface area (Å²) in [4.78, 5) is 32.3. The molecule has 2 aliphatic heterocycles. The van der Waals surface area contributed by atoms with Gasteiger partial charge in [0.25, 0.3) is 5.91 Å². The largest absolute Gasteiger partial charge is 0.422 e. The molecule has 2 heterocycles. The number of ether oxygens (including phenoxy) is 1. The topological polar surface area (TPSA) is 59.0 Å². The van der Waals surface area contributed by atoms with E-state index in [9.17, 15) is 9.59 Å². The number of rotatable bonds is 3. The third-order valence-electron chi connectivity index (χ3n) is 5.80. The van der Waals surface area contributed by atoms with Crippen LogP contribution < -0.4 is 4.74 Å². The van der Waals surface area contributed by atoms with Crippen molar-refractivity contribution in [2.45, 2.75) is 25.7 Å². The van der Waals surface area contributed by atoms with Crippen molar-refractivity contribution in [3.05, 3.63) is 82.5 Å². The smallest absolute Gasteiger partial charge is 0.345 e. The maximum atomic E-state index is 13.0. The molecular weight excluding hydrogens is 424 g/mol. The number of carbonyl (C=O) groups is 2. The summed E-state index contributed by atoms with van der Waals surface area (Å²) in [6.07, 6.45) is 5.64. The van der Waals surface area contributed by atoms with Gasteiger partial charge in [0.05, 0.1) is 10.6 Å². The minimum absolute atomic E-state index is 0.0987. The second-order valence-electron chi connectivity index (χ2n) is 7.90. The lowest BCUT2D eigenvalue weighted by Gasteiger charge is -2.14. The fourth-order valence-electron chi connectivity index (χ4n) is 4.16. The summed E-state index contributed by atoms with van der Waals surface area (Å²) < 4.78 is 5.87. The van der Waals surface area contributed by atoms with Crippen molar-refractivity contribution >= 4 is 46.2 Å². The third kappa shape index (κ3) is 3.80. The van der Waals surface area contributed by atoms with Crippen LogP contribution in [0.4, 0.5) is 0 Å². The molecule has 5 nitrogen and oxygen atoms in total. The maximum Gasteiger partial charge on any atom is 0.345 e. The molecule has 0 radical (unpaired) electrons. The van der Waals surface area contributed by atoms with Crippen LogP contribution in [0.1, 0.15) is 41.6 Å². The molecule has 0 aromatic heterocycles. The molecule has 3 aromatic carbocycles. The van der Waals surface area contributed by atoms with Gasteiger partial charge in [-0.3, -0.25) is 9.69 Å². The lowest BCUT2D eigenvalue weighted by molar-refractivity contribution is -0.122. The SMILES string of the molecule is O=C(Oc1c(/C=C2/N=C3CCCCCN3C2=O)ccc2ccccc12)c1ccccc1Cl. The van der Waals surface area contributed by atoms with E-state index < -0.39 is 5.97 Å². The van der Waals surface area contributed by atoms with Gasteiger partial charge in [-0.15, -0.1) is 0 Å². The predicted molar refractivity (Wildman–Crippen MR) is 126 cm³/mol. The van der Waals surface area contributed by atoms with Crippen molar-refractivity contribution in [3.63, 3.8) is 0 Å². The van der Waals surface area contributed by atoms with Gasteiger partial charge in [-0.2, -0.15) is 0 Å². The van der Waals surface area contributed by atoms with Gasteiger partial charge in [-0.1, -0.05) is 66.6 Å². The quantitative estimate of drug-likeness (QED) is 0.288. The lowest BCUT2D eigenvalue weighted by atomic mass is 10.0. The van der Waals surface area contributed by atoms with Crippen LogP contribution in [0.25, 0.3) is 16.8 Å². The zero-order valence-electron chi connectivity index (χ0n) is 17.4. The Kier molecular flexibility index (Phi) is 5.50. The van der Waals surface area contributed by atoms with E-state index in [4.69, 9.17) is 16.3 Å². The van der Waals surface area contributed by atoms with E-state index in [1.807, 2.05) is 36.4 Å². The Bertz CT molecular complexity index is 1300. The summed E-state index contributed by atoms with van der Waals surface area (Å²) in [6.45, 7) is 0.696. The van der Waals surface area contributed by atoms with Crippen LogP contribution >= 0.6 is 11.6 Å². The molecule has 0 saturated carbocycles. The minimum atomic E-state index is -0.551. The van der Waals surface area contributed by atoms with E-state index in [1.165, 1.54) is 0 Å². The van der Waals surface area contributed by atoms with E-state index in [0.29, 0.717) is 28.6 Å². The molecule has 32 heavy (non-hydrogen) atoms. The van der Waals surface area contributed by atoms with Crippen LogP contribution in [-0.2, 0) is 4.79 Å². The summed E-state index contributed by atoms with van der Waals surface area (Å²) in [5.41, 5.74) is 1.27. The summed E-state index contributed by atoms with van der Waals surface area (Å²) in [6, 6.07) is 18.2. The van der Waals surface area contributed by atoms with Gasteiger partial charge in [0.2, 0.25) is 0 Å². The molecule has 1 saturated heterocycles. The number of hydrogen-bond acceptors (Lipinski definition) is 4. The van der Waals surface area contributed by atoms with Crippen molar-refractivity contribution in [1.82, 2.24) is 4.90 Å². The average molecular weight is 445 g/mol. The normalized spacial score (nSPS) is 17.3. The molecule has 2 aliphatic rings. The standard InChI is InChI=1S/C26H21ClN2O3/c27-21-11-6-5-10-20(21)26(31)32-24-18(14-13-17-8-3-4-9-19(17)24)16-22-25(30)29-15-7-1-2-12-23(29)28-22/h3-6,8-11,13-14,16H,1-2,7,12,15H2/b22-16+. The van der Waals surface area contributed by atoms with E-state index in [-0.39, 0.29) is 11.5 Å². The summed E-state index contributed by atoms with van der Waals surface area (Å²) in [7, 11) is 0. The molecular formula is C26H21ClN2O3. The maximum absolute atomic E-state index is 13.0. The highest BCUT2D eigenvalue weighted by atomic mass is 35.5. The van der Waals surface area contributed by atoms with Gasteiger partial charge in [-0.25, -0.2) is 9.79 Å². The van der Waals surface area contributed by atoms with Crippen molar-refractivity contribution in [3.8, 4) is 5.75 Å². The van der Waals surface area contributed by atoms with E-state index in [2.05, 4.69) is 4.99 Å². The molecule has 160 valence electrons. The van der Waals surface area contributed by atoms with Crippen molar-refractivity contribution in [2.24, 2.45) is 4.99 Å². The van der Waals surface area contributed by atoms with Gasteiger partial charge in [-0.05, 0) is 36.4 Å². The Morgan fingerprint density at radius 2 is 1.81 bits per heavy atom. The predicted octanol–water partition coefficient (Wildman–Crippen LogP) is 5.87. The molecule has 5 rings (SSSR count). The van der Waals surface area contributed by atoms with Crippen LogP contribution in [0.15, 0.2) is 71.4 Å². The van der Waals surface area contributed by atoms with E-state index in [1.54, 1.807) is 35.2 Å². The highest BCUT2D eigenvalue weighted by molar-refractivity contribution is 6.33. The van der Waals surface area contributed by atoms with Crippen molar-refractivity contribution in [1.29, 1.82) is 0 Å². The van der Waals surface area contributed by atoms with Crippen molar-refractivity contribution in [2.75, 3.05) is 6.54 Å². The Morgan fingerprint density at radius 1 is 1.00 bits per heavy atom. The molecule has 0 aliphatic carbocycles. The Hall–Kier alpha value is -3.44. The Balaban J connectivity index is 1.58.